The van der Waals surface area contributed by atoms with Crippen molar-refractivity contribution < 1.29 is 14.1 Å². The molecule has 1 aromatic heterocycles. The van der Waals surface area contributed by atoms with Gasteiger partial charge in [0, 0.05) is 25.1 Å². The first-order valence-electron chi connectivity index (χ1n) is 11.0. The smallest absolute Gasteiger partial charge is 0.246 e. The largest absolute Gasteiger partial charge is 0.497 e. The van der Waals surface area contributed by atoms with Gasteiger partial charge in [-0.15, -0.1) is 0 Å². The summed E-state index contributed by atoms with van der Waals surface area (Å²) in [5, 5.41) is 4.06. The summed E-state index contributed by atoms with van der Waals surface area (Å²) in [5.74, 6) is 1.82. The fraction of sp³-hybridized carbons (Fsp3) is 0.400. The van der Waals surface area contributed by atoms with Gasteiger partial charge in [0.15, 0.2) is 0 Å². The maximum Gasteiger partial charge on any atom is 0.246 e. The highest BCUT2D eigenvalue weighted by atomic mass is 16.5. The quantitative estimate of drug-likeness (QED) is 0.561. The molecule has 32 heavy (non-hydrogen) atoms. The fourth-order valence-electron chi connectivity index (χ4n) is 4.20. The van der Waals surface area contributed by atoms with Gasteiger partial charge in [0.25, 0.3) is 0 Å². The highest BCUT2D eigenvalue weighted by molar-refractivity contribution is 5.78. The molecule has 0 N–H and O–H groups in total. The van der Waals surface area contributed by atoms with Gasteiger partial charge >= 0.3 is 0 Å². The van der Waals surface area contributed by atoms with Crippen molar-refractivity contribution in [3.63, 3.8) is 0 Å². The van der Waals surface area contributed by atoms with E-state index in [0.717, 1.165) is 43.8 Å². The summed E-state index contributed by atoms with van der Waals surface area (Å²) < 4.78 is 10.6. The molecule has 0 unspecified atom stereocenters. The van der Waals surface area contributed by atoms with Crippen LogP contribution in [0.5, 0.6) is 5.75 Å². The molecule has 168 valence electrons. The first kappa shape index (κ1) is 22.0. The predicted octanol–water partition coefficient (Wildman–Crippen LogP) is 3.92. The number of amides is 1. The highest BCUT2D eigenvalue weighted by Gasteiger charge is 2.28. The summed E-state index contributed by atoms with van der Waals surface area (Å²) in [6, 6.07) is 16.1. The number of aryl methyl sites for hydroxylation is 1. The van der Waals surface area contributed by atoms with Crippen molar-refractivity contribution in [2.75, 3.05) is 27.2 Å². The zero-order chi connectivity index (χ0) is 22.5. The number of ether oxygens (including phenoxy) is 1. The van der Waals surface area contributed by atoms with Crippen LogP contribution in [0.1, 0.15) is 29.9 Å². The Kier molecular flexibility index (Phi) is 6.85. The average molecular weight is 435 g/mol. The van der Waals surface area contributed by atoms with E-state index in [9.17, 15) is 4.79 Å². The minimum absolute atomic E-state index is 0.0366. The lowest BCUT2D eigenvalue weighted by Crippen LogP contribution is -2.40. The van der Waals surface area contributed by atoms with Gasteiger partial charge in [-0.3, -0.25) is 9.69 Å². The van der Waals surface area contributed by atoms with Crippen LogP contribution in [0.3, 0.4) is 0 Å². The number of piperidine rings is 1. The number of carbonyl (C=O) groups excluding carboxylic acids is 1. The van der Waals surface area contributed by atoms with Gasteiger partial charge in [0.2, 0.25) is 17.6 Å². The standard InChI is InChI=1S/C25H30N4O3/c1-18-6-4-7-19(14-18)16-29-12-10-20(11-13-29)25(30)28(2)17-23-26-24(27-32-23)21-8-5-9-22(15-21)31-3/h4-9,14-15,20H,10-13,16-17H2,1-3H3. The zero-order valence-electron chi connectivity index (χ0n) is 19.0. The van der Waals surface area contributed by atoms with E-state index in [1.165, 1.54) is 11.1 Å². The number of methoxy groups -OCH3 is 1. The number of nitrogens with zero attached hydrogens (tertiary/aromatic N) is 4. The first-order chi connectivity index (χ1) is 15.5. The molecule has 1 aliphatic heterocycles. The Labute approximate surface area is 189 Å². The molecule has 0 atom stereocenters. The van der Waals surface area contributed by atoms with Gasteiger partial charge in [-0.05, 0) is 50.6 Å². The molecular weight excluding hydrogens is 404 g/mol. The lowest BCUT2D eigenvalue weighted by molar-refractivity contribution is -0.136. The highest BCUT2D eigenvalue weighted by Crippen LogP contribution is 2.23. The van der Waals surface area contributed by atoms with E-state index in [1.807, 2.05) is 24.3 Å². The molecule has 0 radical (unpaired) electrons. The molecule has 2 aromatic carbocycles. The van der Waals surface area contributed by atoms with Crippen molar-refractivity contribution in [1.82, 2.24) is 19.9 Å². The van der Waals surface area contributed by atoms with E-state index in [4.69, 9.17) is 9.26 Å². The minimum atomic E-state index is 0.0366. The SMILES string of the molecule is COc1cccc(-c2noc(CN(C)C(=O)C3CCN(Cc4cccc(C)c4)CC3)n2)c1. The normalized spacial score (nSPS) is 15.0. The van der Waals surface area contributed by atoms with Crippen LogP contribution in [-0.2, 0) is 17.9 Å². The zero-order valence-corrected chi connectivity index (χ0v) is 19.0. The second-order valence-electron chi connectivity index (χ2n) is 8.48. The van der Waals surface area contributed by atoms with Crippen LogP contribution in [-0.4, -0.2) is 53.1 Å². The fourth-order valence-corrected chi connectivity index (χ4v) is 4.20. The lowest BCUT2D eigenvalue weighted by Gasteiger charge is -2.33. The number of aromatic nitrogens is 2. The molecule has 1 amide bonds. The summed E-state index contributed by atoms with van der Waals surface area (Å²) in [6.07, 6.45) is 1.74. The van der Waals surface area contributed by atoms with Crippen LogP contribution >= 0.6 is 0 Å². The molecule has 2 heterocycles. The Morgan fingerprint density at radius 3 is 2.72 bits per heavy atom. The summed E-state index contributed by atoms with van der Waals surface area (Å²) in [7, 11) is 3.42. The number of hydrogen-bond donors (Lipinski definition) is 0. The average Bonchev–Trinajstić information content (AvgIpc) is 3.27. The minimum Gasteiger partial charge on any atom is -0.497 e. The van der Waals surface area contributed by atoms with Crippen LogP contribution in [0.2, 0.25) is 0 Å². The van der Waals surface area contributed by atoms with E-state index < -0.39 is 0 Å². The van der Waals surface area contributed by atoms with Crippen LogP contribution < -0.4 is 4.74 Å². The van der Waals surface area contributed by atoms with E-state index in [0.29, 0.717) is 18.3 Å². The molecule has 0 bridgehead atoms. The monoisotopic (exact) mass is 434 g/mol. The molecule has 1 saturated heterocycles. The van der Waals surface area contributed by atoms with Gasteiger partial charge in [-0.25, -0.2) is 0 Å². The summed E-state index contributed by atoms with van der Waals surface area (Å²) in [4.78, 5) is 21.6. The lowest BCUT2D eigenvalue weighted by atomic mass is 9.95. The molecule has 1 aliphatic rings. The van der Waals surface area contributed by atoms with Crippen molar-refractivity contribution in [2.45, 2.75) is 32.9 Å². The van der Waals surface area contributed by atoms with Gasteiger partial charge in [-0.2, -0.15) is 4.98 Å². The predicted molar refractivity (Wildman–Crippen MR) is 122 cm³/mol. The van der Waals surface area contributed by atoms with Gasteiger partial charge in [-0.1, -0.05) is 47.1 Å². The van der Waals surface area contributed by atoms with Crippen molar-refractivity contribution in [3.8, 4) is 17.1 Å². The molecule has 0 spiro atoms. The Balaban J connectivity index is 1.29. The van der Waals surface area contributed by atoms with Crippen molar-refractivity contribution in [2.24, 2.45) is 5.92 Å². The van der Waals surface area contributed by atoms with Crippen LogP contribution in [0.4, 0.5) is 0 Å². The molecule has 7 nitrogen and oxygen atoms in total. The van der Waals surface area contributed by atoms with Gasteiger partial charge < -0.3 is 14.2 Å². The Morgan fingerprint density at radius 2 is 1.97 bits per heavy atom. The third kappa shape index (κ3) is 5.34. The van der Waals surface area contributed by atoms with Crippen LogP contribution in [0.15, 0.2) is 53.1 Å². The van der Waals surface area contributed by atoms with E-state index >= 15 is 0 Å². The van der Waals surface area contributed by atoms with Crippen LogP contribution in [0, 0.1) is 12.8 Å². The van der Waals surface area contributed by atoms with E-state index in [1.54, 1.807) is 19.1 Å². The van der Waals surface area contributed by atoms with Gasteiger partial charge in [0.05, 0.1) is 13.7 Å². The second-order valence-corrected chi connectivity index (χ2v) is 8.48. The maximum absolute atomic E-state index is 13.0. The maximum atomic E-state index is 13.0. The molecule has 4 rings (SSSR count). The Hall–Kier alpha value is -3.19. The number of hydrogen-bond acceptors (Lipinski definition) is 6. The topological polar surface area (TPSA) is 71.7 Å². The summed E-state index contributed by atoms with van der Waals surface area (Å²) >= 11 is 0. The third-order valence-electron chi connectivity index (χ3n) is 5.97. The number of benzene rings is 2. The van der Waals surface area contributed by atoms with Gasteiger partial charge in [0.1, 0.15) is 5.75 Å². The number of likely N-dealkylation sites (tertiary alicyclic amines) is 1. The third-order valence-corrected chi connectivity index (χ3v) is 5.97. The second kappa shape index (κ2) is 9.96. The summed E-state index contributed by atoms with van der Waals surface area (Å²) in [6.45, 7) is 5.22. The molecule has 0 aliphatic carbocycles. The Bertz CT molecular complexity index is 1060. The van der Waals surface area contributed by atoms with Crippen molar-refractivity contribution >= 4 is 5.91 Å². The molecule has 7 heteroatoms. The first-order valence-corrected chi connectivity index (χ1v) is 11.0. The van der Waals surface area contributed by atoms with Crippen molar-refractivity contribution in [1.29, 1.82) is 0 Å². The molecule has 0 saturated carbocycles. The molecule has 1 fully saturated rings. The van der Waals surface area contributed by atoms with E-state index in [2.05, 4.69) is 46.2 Å². The van der Waals surface area contributed by atoms with Crippen LogP contribution in [0.25, 0.3) is 11.4 Å². The number of carbonyl (C=O) groups is 1. The number of rotatable bonds is 7. The van der Waals surface area contributed by atoms with E-state index in [-0.39, 0.29) is 11.8 Å². The summed E-state index contributed by atoms with van der Waals surface area (Å²) in [5.41, 5.74) is 3.43. The van der Waals surface area contributed by atoms with Crippen molar-refractivity contribution in [3.05, 3.63) is 65.5 Å². The Morgan fingerprint density at radius 1 is 1.19 bits per heavy atom. The molecule has 3 aromatic rings. The molecular formula is C25H30N4O3.